The number of likely N-dealkylation sites (tertiary alicyclic amines) is 1. The van der Waals surface area contributed by atoms with Gasteiger partial charge in [-0.2, -0.15) is 0 Å². The molecule has 0 N–H and O–H groups in total. The Morgan fingerprint density at radius 1 is 1.40 bits per heavy atom. The van der Waals surface area contributed by atoms with Gasteiger partial charge in [-0.1, -0.05) is 28.1 Å². The maximum atomic E-state index is 12.6. The summed E-state index contributed by atoms with van der Waals surface area (Å²) in [5.41, 5.74) is 0.819. The minimum absolute atomic E-state index is 0.147. The highest BCUT2D eigenvalue weighted by Crippen LogP contribution is 2.23. The van der Waals surface area contributed by atoms with Crippen molar-refractivity contribution < 1.29 is 9.53 Å². The minimum Gasteiger partial charge on any atom is -0.377 e. The molecule has 0 radical (unpaired) electrons. The van der Waals surface area contributed by atoms with Gasteiger partial charge in [-0.05, 0) is 31.2 Å². The van der Waals surface area contributed by atoms with E-state index in [0.29, 0.717) is 6.10 Å². The first-order valence-electron chi connectivity index (χ1n) is 6.86. The zero-order valence-electron chi connectivity index (χ0n) is 11.7. The zero-order chi connectivity index (χ0) is 14.4. The number of hydrogen-bond donors (Lipinski definition) is 0. The largest absolute Gasteiger partial charge is 0.377 e. The Hall–Kier alpha value is -0.520. The second-order valence-electron chi connectivity index (χ2n) is 4.75. The summed E-state index contributed by atoms with van der Waals surface area (Å²) in [7, 11) is 0. The molecule has 1 aliphatic heterocycles. The van der Waals surface area contributed by atoms with E-state index in [2.05, 4.69) is 15.9 Å². The number of nitrogens with zero attached hydrogens (tertiary/aromatic N) is 1. The second kappa shape index (κ2) is 8.05. The molecular weight excluding hydrogens is 338 g/mol. The van der Waals surface area contributed by atoms with E-state index in [1.807, 2.05) is 35.4 Å². The lowest BCUT2D eigenvalue weighted by Gasteiger charge is -2.32. The van der Waals surface area contributed by atoms with Crippen LogP contribution in [0.2, 0.25) is 0 Å². The molecule has 110 valence electrons. The number of piperidine rings is 1. The number of hydrogen-bond acceptors (Lipinski definition) is 3. The Labute approximate surface area is 133 Å². The van der Waals surface area contributed by atoms with Crippen LogP contribution < -0.4 is 0 Å². The van der Waals surface area contributed by atoms with Crippen molar-refractivity contribution in [1.29, 1.82) is 0 Å². The average molecular weight is 358 g/mol. The normalized spacial score (nSPS) is 16.4. The highest BCUT2D eigenvalue weighted by atomic mass is 79.9. The van der Waals surface area contributed by atoms with E-state index in [1.54, 1.807) is 11.8 Å². The molecule has 0 atom stereocenters. The molecule has 1 aromatic rings. The summed E-state index contributed by atoms with van der Waals surface area (Å²) in [6.07, 6.45) is 4.17. The van der Waals surface area contributed by atoms with Gasteiger partial charge in [0.2, 0.25) is 0 Å². The third-order valence-electron chi connectivity index (χ3n) is 3.50. The summed E-state index contributed by atoms with van der Waals surface area (Å²) in [4.78, 5) is 15.6. The van der Waals surface area contributed by atoms with Gasteiger partial charge in [-0.25, -0.2) is 0 Å². The van der Waals surface area contributed by atoms with Gasteiger partial charge in [0.15, 0.2) is 0 Å². The second-order valence-corrected chi connectivity index (χ2v) is 6.39. The van der Waals surface area contributed by atoms with E-state index < -0.39 is 0 Å². The lowest BCUT2D eigenvalue weighted by molar-refractivity contribution is 0.0159. The van der Waals surface area contributed by atoms with Gasteiger partial charge in [0, 0.05) is 23.3 Å². The van der Waals surface area contributed by atoms with E-state index in [9.17, 15) is 4.79 Å². The maximum Gasteiger partial charge on any atom is 0.254 e. The molecule has 1 heterocycles. The Morgan fingerprint density at radius 2 is 2.10 bits per heavy atom. The van der Waals surface area contributed by atoms with Crippen molar-refractivity contribution in [2.45, 2.75) is 23.8 Å². The number of halogens is 1. The van der Waals surface area contributed by atoms with Crippen LogP contribution in [-0.4, -0.2) is 48.2 Å². The van der Waals surface area contributed by atoms with Crippen molar-refractivity contribution in [2.75, 3.05) is 31.3 Å². The highest BCUT2D eigenvalue weighted by Gasteiger charge is 2.24. The topological polar surface area (TPSA) is 29.5 Å². The van der Waals surface area contributed by atoms with E-state index in [1.165, 1.54) is 0 Å². The van der Waals surface area contributed by atoms with Crippen LogP contribution in [0.15, 0.2) is 29.2 Å². The van der Waals surface area contributed by atoms with E-state index in [-0.39, 0.29) is 5.91 Å². The van der Waals surface area contributed by atoms with E-state index in [0.717, 1.165) is 48.3 Å². The van der Waals surface area contributed by atoms with Gasteiger partial charge in [0.05, 0.1) is 18.3 Å². The molecular formula is C15H20BrNO2S. The first kappa shape index (κ1) is 15.9. The highest BCUT2D eigenvalue weighted by molar-refractivity contribution is 9.09. The Bertz CT molecular complexity index is 447. The Morgan fingerprint density at radius 3 is 2.75 bits per heavy atom. The summed E-state index contributed by atoms with van der Waals surface area (Å²) in [6, 6.07) is 7.83. The minimum atomic E-state index is 0.147. The fraction of sp³-hybridized carbons (Fsp3) is 0.533. The quantitative estimate of drug-likeness (QED) is 0.597. The molecule has 1 saturated heterocycles. The van der Waals surface area contributed by atoms with Gasteiger partial charge >= 0.3 is 0 Å². The number of ether oxygens (including phenoxy) is 1. The van der Waals surface area contributed by atoms with Crippen LogP contribution in [0.1, 0.15) is 23.2 Å². The monoisotopic (exact) mass is 357 g/mol. The number of carbonyl (C=O) groups is 1. The van der Waals surface area contributed by atoms with Crippen LogP contribution in [-0.2, 0) is 4.74 Å². The summed E-state index contributed by atoms with van der Waals surface area (Å²) in [5.74, 6) is 0.147. The first-order valence-corrected chi connectivity index (χ1v) is 9.20. The number of benzene rings is 1. The Balaban J connectivity index is 1.94. The van der Waals surface area contributed by atoms with Crippen LogP contribution in [0.4, 0.5) is 0 Å². The SMILES string of the molecule is CSc1ccccc1C(=O)N1CCC(OCCBr)CC1. The van der Waals surface area contributed by atoms with Crippen LogP contribution in [0, 0.1) is 0 Å². The van der Waals surface area contributed by atoms with Crippen molar-refractivity contribution in [1.82, 2.24) is 4.90 Å². The number of alkyl halides is 1. The molecule has 3 nitrogen and oxygen atoms in total. The molecule has 1 fully saturated rings. The number of rotatable bonds is 5. The maximum absolute atomic E-state index is 12.6. The molecule has 20 heavy (non-hydrogen) atoms. The van der Waals surface area contributed by atoms with Crippen LogP contribution in [0.25, 0.3) is 0 Å². The van der Waals surface area contributed by atoms with Gasteiger partial charge in [0.1, 0.15) is 0 Å². The number of carbonyl (C=O) groups excluding carboxylic acids is 1. The Kier molecular flexibility index (Phi) is 6.39. The molecule has 2 rings (SSSR count). The van der Waals surface area contributed by atoms with Crippen molar-refractivity contribution in [3.8, 4) is 0 Å². The van der Waals surface area contributed by atoms with Crippen molar-refractivity contribution in [3.63, 3.8) is 0 Å². The fourth-order valence-corrected chi connectivity index (χ4v) is 3.21. The molecule has 0 unspecified atom stereocenters. The molecule has 1 amide bonds. The van der Waals surface area contributed by atoms with E-state index >= 15 is 0 Å². The lowest BCUT2D eigenvalue weighted by atomic mass is 10.1. The smallest absolute Gasteiger partial charge is 0.254 e. The predicted molar refractivity (Wildman–Crippen MR) is 86.9 cm³/mol. The van der Waals surface area contributed by atoms with Gasteiger partial charge in [-0.3, -0.25) is 4.79 Å². The van der Waals surface area contributed by atoms with Crippen molar-refractivity contribution >= 4 is 33.6 Å². The van der Waals surface area contributed by atoms with Crippen molar-refractivity contribution in [2.24, 2.45) is 0 Å². The molecule has 0 aliphatic carbocycles. The lowest BCUT2D eigenvalue weighted by Crippen LogP contribution is -2.41. The van der Waals surface area contributed by atoms with Crippen molar-refractivity contribution in [3.05, 3.63) is 29.8 Å². The standard InChI is InChI=1S/C15H20BrNO2S/c1-20-14-5-3-2-4-13(14)15(18)17-9-6-12(7-10-17)19-11-8-16/h2-5,12H,6-11H2,1H3. The molecule has 0 bridgehead atoms. The molecule has 5 heteroatoms. The van der Waals surface area contributed by atoms with Gasteiger partial charge in [-0.15, -0.1) is 11.8 Å². The summed E-state index contributed by atoms with van der Waals surface area (Å²) >= 11 is 4.99. The third kappa shape index (κ3) is 3.99. The molecule has 0 saturated carbocycles. The summed E-state index contributed by atoms with van der Waals surface area (Å²) in [5, 5.41) is 0.868. The molecule has 1 aromatic carbocycles. The van der Waals surface area contributed by atoms with Gasteiger partial charge in [0.25, 0.3) is 5.91 Å². The number of thioether (sulfide) groups is 1. The van der Waals surface area contributed by atoms with Crippen LogP contribution in [0.5, 0.6) is 0 Å². The van der Waals surface area contributed by atoms with Gasteiger partial charge < -0.3 is 9.64 Å². The van der Waals surface area contributed by atoms with Crippen LogP contribution in [0.3, 0.4) is 0 Å². The predicted octanol–water partition coefficient (Wildman–Crippen LogP) is 3.42. The molecule has 0 aromatic heterocycles. The number of amides is 1. The summed E-state index contributed by atoms with van der Waals surface area (Å²) < 4.78 is 5.72. The zero-order valence-corrected chi connectivity index (χ0v) is 14.1. The first-order chi connectivity index (χ1) is 9.76. The molecule has 1 aliphatic rings. The fourth-order valence-electron chi connectivity index (χ4n) is 2.43. The average Bonchev–Trinajstić information content (AvgIpc) is 2.52. The summed E-state index contributed by atoms with van der Waals surface area (Å²) in [6.45, 7) is 2.32. The van der Waals surface area contributed by atoms with Crippen LogP contribution >= 0.6 is 27.7 Å². The van der Waals surface area contributed by atoms with E-state index in [4.69, 9.17) is 4.74 Å². The molecule has 0 spiro atoms. The third-order valence-corrected chi connectivity index (χ3v) is 4.62.